The Labute approximate surface area is 251 Å². The van der Waals surface area contributed by atoms with Gasteiger partial charge in [-0.25, -0.2) is 0 Å². The van der Waals surface area contributed by atoms with Gasteiger partial charge in [-0.2, -0.15) is 0 Å². The number of furan rings is 1. The summed E-state index contributed by atoms with van der Waals surface area (Å²) in [5.74, 6) is 0.929. The fourth-order valence-electron chi connectivity index (χ4n) is 6.17. The molecule has 7 aromatic carbocycles. The number of benzene rings is 7. The van der Waals surface area contributed by atoms with Gasteiger partial charge in [0.05, 0.1) is 0 Å². The Balaban J connectivity index is 1.20. The van der Waals surface area contributed by atoms with Crippen molar-refractivity contribution in [3.63, 3.8) is 0 Å². The maximum atomic E-state index is 6.28. The average Bonchev–Trinajstić information content (AvgIpc) is 3.41. The maximum Gasteiger partial charge on any atom is 0.138 e. The zero-order chi connectivity index (χ0) is 28.8. The highest BCUT2D eigenvalue weighted by atomic mass is 16.3. The van der Waals surface area contributed by atoms with Gasteiger partial charge < -0.3 is 9.32 Å². The molecule has 0 saturated carbocycles. The van der Waals surface area contributed by atoms with E-state index in [9.17, 15) is 0 Å². The summed E-state index contributed by atoms with van der Waals surface area (Å²) in [5.41, 5.74) is 8.87. The van der Waals surface area contributed by atoms with E-state index in [1.165, 1.54) is 27.1 Å². The third-order valence-corrected chi connectivity index (χ3v) is 8.41. The molecular weight excluding hydrogens is 522 g/mol. The SMILES string of the molecule is Cc1c(-c2cccc(-c3ccc(N(c4ccc5ccccc5c4)c4ccc5ccccc5c4)cc3)c2)oc2ccccc12. The molecule has 0 spiro atoms. The molecule has 0 saturated heterocycles. The van der Waals surface area contributed by atoms with Crippen molar-refractivity contribution in [2.75, 3.05) is 4.90 Å². The van der Waals surface area contributed by atoms with Gasteiger partial charge in [0.1, 0.15) is 11.3 Å². The van der Waals surface area contributed by atoms with Gasteiger partial charge in [-0.3, -0.25) is 0 Å². The second-order valence-electron chi connectivity index (χ2n) is 11.1. The van der Waals surface area contributed by atoms with Crippen molar-refractivity contribution >= 4 is 49.6 Å². The van der Waals surface area contributed by atoms with Crippen LogP contribution in [-0.4, -0.2) is 0 Å². The lowest BCUT2D eigenvalue weighted by molar-refractivity contribution is 0.629. The van der Waals surface area contributed by atoms with E-state index in [1.807, 2.05) is 12.1 Å². The van der Waals surface area contributed by atoms with Crippen LogP contribution in [0.25, 0.3) is 55.0 Å². The molecule has 2 nitrogen and oxygen atoms in total. The molecule has 0 aliphatic rings. The van der Waals surface area contributed by atoms with Crippen molar-refractivity contribution in [1.29, 1.82) is 0 Å². The van der Waals surface area contributed by atoms with Crippen molar-refractivity contribution in [3.05, 3.63) is 163 Å². The van der Waals surface area contributed by atoms with E-state index in [0.29, 0.717) is 0 Å². The molecule has 1 aromatic heterocycles. The highest BCUT2D eigenvalue weighted by molar-refractivity contribution is 5.93. The molecule has 0 aliphatic heterocycles. The second-order valence-corrected chi connectivity index (χ2v) is 11.1. The molecule has 0 amide bonds. The first-order valence-electron chi connectivity index (χ1n) is 14.7. The molecule has 8 aromatic rings. The van der Waals surface area contributed by atoms with E-state index in [0.717, 1.165) is 50.5 Å². The van der Waals surface area contributed by atoms with Crippen LogP contribution in [-0.2, 0) is 0 Å². The molecule has 43 heavy (non-hydrogen) atoms. The third-order valence-electron chi connectivity index (χ3n) is 8.41. The quantitative estimate of drug-likeness (QED) is 0.211. The molecule has 0 aliphatic carbocycles. The molecular formula is C41H29NO. The summed E-state index contributed by atoms with van der Waals surface area (Å²) < 4.78 is 6.28. The van der Waals surface area contributed by atoms with Gasteiger partial charge >= 0.3 is 0 Å². The van der Waals surface area contributed by atoms with E-state index < -0.39 is 0 Å². The smallest absolute Gasteiger partial charge is 0.138 e. The summed E-state index contributed by atoms with van der Waals surface area (Å²) in [6, 6.07) is 56.2. The van der Waals surface area contributed by atoms with Crippen LogP contribution in [0, 0.1) is 6.92 Å². The Kier molecular flexibility index (Phi) is 6.05. The first kappa shape index (κ1) is 25.1. The van der Waals surface area contributed by atoms with Gasteiger partial charge in [0, 0.05) is 33.6 Å². The number of nitrogens with zero attached hydrogens (tertiary/aromatic N) is 1. The lowest BCUT2D eigenvalue weighted by Gasteiger charge is -2.26. The minimum atomic E-state index is 0.923. The molecule has 0 bridgehead atoms. The highest BCUT2D eigenvalue weighted by Gasteiger charge is 2.15. The Hall–Kier alpha value is -5.60. The minimum absolute atomic E-state index is 0.923. The van der Waals surface area contributed by atoms with Crippen LogP contribution in [0.3, 0.4) is 0 Å². The van der Waals surface area contributed by atoms with Crippen LogP contribution < -0.4 is 4.90 Å². The van der Waals surface area contributed by atoms with Crippen molar-refractivity contribution in [3.8, 4) is 22.5 Å². The van der Waals surface area contributed by atoms with Gasteiger partial charge in [0.2, 0.25) is 0 Å². The number of rotatable bonds is 5. The van der Waals surface area contributed by atoms with Crippen molar-refractivity contribution in [1.82, 2.24) is 0 Å². The number of fused-ring (bicyclic) bond motifs is 3. The predicted molar refractivity (Wildman–Crippen MR) is 182 cm³/mol. The van der Waals surface area contributed by atoms with Crippen LogP contribution in [0.2, 0.25) is 0 Å². The average molecular weight is 552 g/mol. The summed E-state index contributed by atoms with van der Waals surface area (Å²) >= 11 is 0. The van der Waals surface area contributed by atoms with E-state index in [2.05, 4.69) is 157 Å². The summed E-state index contributed by atoms with van der Waals surface area (Å²) in [4.78, 5) is 2.34. The van der Waals surface area contributed by atoms with Gasteiger partial charge in [0.25, 0.3) is 0 Å². The second kappa shape index (κ2) is 10.3. The standard InChI is InChI=1S/C41H29NO/c1-28-39-15-6-7-16-40(39)43-41(28)35-14-8-13-32(25-35)31-17-21-36(22-18-31)42(37-23-19-29-9-2-4-11-33(29)26-37)38-24-20-30-10-3-5-12-34(30)27-38/h2-27H,1H3. The molecule has 0 fully saturated rings. The molecule has 2 heteroatoms. The lowest BCUT2D eigenvalue weighted by Crippen LogP contribution is -2.09. The molecule has 0 atom stereocenters. The Morgan fingerprint density at radius 2 is 0.977 bits per heavy atom. The highest BCUT2D eigenvalue weighted by Crippen LogP contribution is 2.39. The van der Waals surface area contributed by atoms with Crippen molar-refractivity contribution in [2.24, 2.45) is 0 Å². The number of hydrogen-bond donors (Lipinski definition) is 0. The normalized spacial score (nSPS) is 11.4. The zero-order valence-corrected chi connectivity index (χ0v) is 23.9. The van der Waals surface area contributed by atoms with Crippen LogP contribution >= 0.6 is 0 Å². The van der Waals surface area contributed by atoms with Crippen LogP contribution in [0.5, 0.6) is 0 Å². The largest absolute Gasteiger partial charge is 0.456 e. The fourth-order valence-corrected chi connectivity index (χ4v) is 6.17. The molecule has 0 N–H and O–H groups in total. The van der Waals surface area contributed by atoms with Gasteiger partial charge in [-0.15, -0.1) is 0 Å². The summed E-state index contributed by atoms with van der Waals surface area (Å²) in [6.07, 6.45) is 0. The van der Waals surface area contributed by atoms with Crippen LogP contribution in [0.1, 0.15) is 5.56 Å². The van der Waals surface area contributed by atoms with Gasteiger partial charge in [0.15, 0.2) is 0 Å². The van der Waals surface area contributed by atoms with Crippen molar-refractivity contribution < 1.29 is 4.42 Å². The fraction of sp³-hybridized carbons (Fsp3) is 0.0244. The third kappa shape index (κ3) is 4.54. The molecule has 8 rings (SSSR count). The van der Waals surface area contributed by atoms with E-state index in [-0.39, 0.29) is 0 Å². The number of hydrogen-bond acceptors (Lipinski definition) is 2. The van der Waals surface area contributed by atoms with Gasteiger partial charge in [-0.1, -0.05) is 109 Å². The monoisotopic (exact) mass is 551 g/mol. The summed E-state index contributed by atoms with van der Waals surface area (Å²) in [5, 5.41) is 6.08. The first-order valence-corrected chi connectivity index (χ1v) is 14.7. The first-order chi connectivity index (χ1) is 21.2. The number of anilines is 3. The number of para-hydroxylation sites is 1. The van der Waals surface area contributed by atoms with E-state index in [4.69, 9.17) is 4.42 Å². The van der Waals surface area contributed by atoms with Crippen LogP contribution in [0.15, 0.2) is 162 Å². The topological polar surface area (TPSA) is 16.4 Å². The summed E-state index contributed by atoms with van der Waals surface area (Å²) in [6.45, 7) is 2.14. The molecule has 0 unspecified atom stereocenters. The molecule has 0 radical (unpaired) electrons. The van der Waals surface area contributed by atoms with Crippen LogP contribution in [0.4, 0.5) is 17.1 Å². The predicted octanol–water partition coefficient (Wildman–Crippen LogP) is 11.9. The Morgan fingerprint density at radius 1 is 0.419 bits per heavy atom. The Morgan fingerprint density at radius 3 is 1.63 bits per heavy atom. The lowest BCUT2D eigenvalue weighted by atomic mass is 9.99. The van der Waals surface area contributed by atoms with E-state index >= 15 is 0 Å². The van der Waals surface area contributed by atoms with E-state index in [1.54, 1.807) is 0 Å². The molecule has 1 heterocycles. The maximum absolute atomic E-state index is 6.28. The summed E-state index contributed by atoms with van der Waals surface area (Å²) in [7, 11) is 0. The van der Waals surface area contributed by atoms with Gasteiger partial charge in [-0.05, 0) is 88.1 Å². The van der Waals surface area contributed by atoms with Crippen molar-refractivity contribution in [2.45, 2.75) is 6.92 Å². The number of aryl methyl sites for hydroxylation is 1. The Bertz CT molecular complexity index is 2180. The minimum Gasteiger partial charge on any atom is -0.456 e. The molecule has 204 valence electrons. The zero-order valence-electron chi connectivity index (χ0n) is 23.9.